The lowest BCUT2D eigenvalue weighted by Gasteiger charge is -2.26. The average molecular weight is 304 g/mol. The minimum Gasteiger partial charge on any atom is -0.321 e. The van der Waals surface area contributed by atoms with Crippen molar-refractivity contribution in [3.05, 3.63) is 0 Å². The first-order valence-corrected chi connectivity index (χ1v) is 9.84. The average Bonchev–Trinajstić information content (AvgIpc) is 3.28. The predicted molar refractivity (Wildman–Crippen MR) is 86.4 cm³/mol. The quantitative estimate of drug-likeness (QED) is 0.425. The van der Waals surface area contributed by atoms with E-state index in [-0.39, 0.29) is 5.66 Å². The predicted octanol–water partition coefficient (Wildman–Crippen LogP) is 3.77. The van der Waals surface area contributed by atoms with Crippen LogP contribution in [-0.4, -0.2) is 32.4 Å². The van der Waals surface area contributed by atoms with Gasteiger partial charge in [0, 0.05) is 25.4 Å². The van der Waals surface area contributed by atoms with Crippen LogP contribution in [0.5, 0.6) is 0 Å². The summed E-state index contributed by atoms with van der Waals surface area (Å²) in [6, 6.07) is 0.422. The lowest BCUT2D eigenvalue weighted by Crippen LogP contribution is -2.38. The zero-order valence-corrected chi connectivity index (χ0v) is 14.5. The van der Waals surface area contributed by atoms with Crippen molar-refractivity contribution >= 4 is 7.52 Å². The molecule has 20 heavy (non-hydrogen) atoms. The maximum absolute atomic E-state index is 12.8. The monoisotopic (exact) mass is 304 g/mol. The van der Waals surface area contributed by atoms with E-state index in [1.165, 1.54) is 32.1 Å². The number of unbranched alkanes of at least 4 members (excludes halogenated alkanes) is 3. The van der Waals surface area contributed by atoms with Gasteiger partial charge in [0.05, 0.1) is 0 Å². The Labute approximate surface area is 124 Å². The third-order valence-corrected chi connectivity index (χ3v) is 7.00. The summed E-state index contributed by atoms with van der Waals surface area (Å²) in [5, 5.41) is 6.55. The SMILES string of the molecule is CCCCCCC(C)P(=O)(NCC(NC)C1CC1)OC. The maximum Gasteiger partial charge on any atom is 0.272 e. The van der Waals surface area contributed by atoms with E-state index in [0.29, 0.717) is 6.04 Å². The highest BCUT2D eigenvalue weighted by molar-refractivity contribution is 7.57. The fourth-order valence-corrected chi connectivity index (χ4v) is 4.44. The molecule has 1 fully saturated rings. The summed E-state index contributed by atoms with van der Waals surface area (Å²) < 4.78 is 18.2. The van der Waals surface area contributed by atoms with E-state index in [4.69, 9.17) is 4.52 Å². The van der Waals surface area contributed by atoms with Gasteiger partial charge in [0.15, 0.2) is 0 Å². The Balaban J connectivity index is 2.37. The summed E-state index contributed by atoms with van der Waals surface area (Å²) >= 11 is 0. The summed E-state index contributed by atoms with van der Waals surface area (Å²) in [5.74, 6) is 0.748. The third-order valence-electron chi connectivity index (χ3n) is 4.42. The molecule has 4 nitrogen and oxygen atoms in total. The van der Waals surface area contributed by atoms with Crippen LogP contribution in [0.3, 0.4) is 0 Å². The molecule has 0 radical (unpaired) electrons. The molecule has 0 amide bonds. The number of hydrogen-bond acceptors (Lipinski definition) is 3. The molecule has 0 spiro atoms. The van der Waals surface area contributed by atoms with Crippen molar-refractivity contribution in [2.45, 2.75) is 70.5 Å². The second-order valence-electron chi connectivity index (χ2n) is 6.07. The lowest BCUT2D eigenvalue weighted by molar-refractivity contribution is 0.362. The molecule has 1 aliphatic carbocycles. The fourth-order valence-electron chi connectivity index (χ4n) is 2.67. The molecule has 120 valence electrons. The third kappa shape index (κ3) is 5.85. The highest BCUT2D eigenvalue weighted by atomic mass is 31.2. The Bertz CT molecular complexity index is 308. The lowest BCUT2D eigenvalue weighted by atomic mass is 10.1. The van der Waals surface area contributed by atoms with Crippen LogP contribution in [0.15, 0.2) is 0 Å². The summed E-state index contributed by atoms with van der Waals surface area (Å²) in [6.45, 7) is 5.00. The van der Waals surface area contributed by atoms with E-state index in [2.05, 4.69) is 24.3 Å². The topological polar surface area (TPSA) is 50.4 Å². The summed E-state index contributed by atoms with van der Waals surface area (Å²) in [6.07, 6.45) is 8.43. The van der Waals surface area contributed by atoms with Crippen LogP contribution in [0.2, 0.25) is 0 Å². The normalized spacial score (nSPS) is 21.4. The molecule has 0 saturated heterocycles. The zero-order valence-electron chi connectivity index (χ0n) is 13.7. The van der Waals surface area contributed by atoms with Crippen molar-refractivity contribution in [2.24, 2.45) is 5.92 Å². The molecule has 0 aromatic carbocycles. The molecular formula is C15H33N2O2P. The molecule has 1 aliphatic rings. The van der Waals surface area contributed by atoms with E-state index in [9.17, 15) is 4.57 Å². The Morgan fingerprint density at radius 2 is 2.00 bits per heavy atom. The maximum atomic E-state index is 12.8. The van der Waals surface area contributed by atoms with Crippen molar-refractivity contribution < 1.29 is 9.09 Å². The molecular weight excluding hydrogens is 271 g/mol. The number of likely N-dealkylation sites (N-methyl/N-ethyl adjacent to an activating group) is 1. The summed E-state index contributed by atoms with van der Waals surface area (Å²) in [4.78, 5) is 0. The summed E-state index contributed by atoms with van der Waals surface area (Å²) in [7, 11) is 0.845. The highest BCUT2D eigenvalue weighted by Crippen LogP contribution is 2.49. The van der Waals surface area contributed by atoms with Crippen molar-refractivity contribution in [2.75, 3.05) is 20.7 Å². The van der Waals surface area contributed by atoms with E-state index < -0.39 is 7.52 Å². The Kier molecular flexibility index (Phi) is 8.35. The molecule has 3 atom stereocenters. The van der Waals surface area contributed by atoms with Crippen LogP contribution < -0.4 is 10.4 Å². The molecule has 2 N–H and O–H groups in total. The Hall–Kier alpha value is 0.110. The van der Waals surface area contributed by atoms with Crippen molar-refractivity contribution in [1.29, 1.82) is 0 Å². The van der Waals surface area contributed by atoms with Crippen LogP contribution in [0.1, 0.15) is 58.8 Å². The van der Waals surface area contributed by atoms with Crippen LogP contribution in [0.4, 0.5) is 0 Å². The van der Waals surface area contributed by atoms with E-state index in [0.717, 1.165) is 25.3 Å². The molecule has 1 saturated carbocycles. The van der Waals surface area contributed by atoms with E-state index >= 15 is 0 Å². The minimum atomic E-state index is -2.71. The van der Waals surface area contributed by atoms with Gasteiger partial charge in [-0.1, -0.05) is 39.5 Å². The Morgan fingerprint density at radius 1 is 1.30 bits per heavy atom. The molecule has 0 heterocycles. The molecule has 0 aromatic heterocycles. The molecule has 3 unspecified atom stereocenters. The van der Waals surface area contributed by atoms with Gasteiger partial charge in [0.25, 0.3) is 7.52 Å². The van der Waals surface area contributed by atoms with Gasteiger partial charge in [0.1, 0.15) is 0 Å². The Morgan fingerprint density at radius 3 is 2.50 bits per heavy atom. The van der Waals surface area contributed by atoms with Crippen LogP contribution in [-0.2, 0) is 9.09 Å². The molecule has 5 heteroatoms. The van der Waals surface area contributed by atoms with Gasteiger partial charge >= 0.3 is 0 Å². The van der Waals surface area contributed by atoms with Gasteiger partial charge in [-0.25, -0.2) is 5.09 Å². The number of nitrogens with one attached hydrogen (secondary N) is 2. The second-order valence-corrected chi connectivity index (χ2v) is 8.83. The molecule has 1 rings (SSSR count). The van der Waals surface area contributed by atoms with Gasteiger partial charge in [-0.3, -0.25) is 4.57 Å². The fraction of sp³-hybridized carbons (Fsp3) is 1.00. The van der Waals surface area contributed by atoms with Crippen LogP contribution >= 0.6 is 7.52 Å². The smallest absolute Gasteiger partial charge is 0.272 e. The van der Waals surface area contributed by atoms with Crippen molar-refractivity contribution in [3.8, 4) is 0 Å². The highest BCUT2D eigenvalue weighted by Gasteiger charge is 2.34. The first-order chi connectivity index (χ1) is 9.57. The minimum absolute atomic E-state index is 0.0982. The first-order valence-electron chi connectivity index (χ1n) is 8.15. The molecule has 0 aliphatic heterocycles. The van der Waals surface area contributed by atoms with Gasteiger partial charge in [-0.15, -0.1) is 0 Å². The number of hydrogen-bond donors (Lipinski definition) is 2. The van der Waals surface area contributed by atoms with E-state index in [1.54, 1.807) is 7.11 Å². The first kappa shape index (κ1) is 18.2. The zero-order chi connectivity index (χ0) is 15.0. The standard InChI is InChI=1S/C15H33N2O2P/c1-5-6-7-8-9-13(2)20(18,19-4)17-12-15(16-3)14-10-11-14/h13-16H,5-12H2,1-4H3,(H,17,18). The van der Waals surface area contributed by atoms with Crippen LogP contribution in [0, 0.1) is 5.92 Å². The summed E-state index contributed by atoms with van der Waals surface area (Å²) in [5.41, 5.74) is 0.0982. The number of rotatable bonds is 12. The van der Waals surface area contributed by atoms with Crippen LogP contribution in [0.25, 0.3) is 0 Å². The second kappa shape index (κ2) is 9.19. The van der Waals surface area contributed by atoms with Gasteiger partial charge in [-0.2, -0.15) is 0 Å². The van der Waals surface area contributed by atoms with E-state index in [1.807, 2.05) is 7.05 Å². The molecule has 0 bridgehead atoms. The van der Waals surface area contributed by atoms with Crippen molar-refractivity contribution in [1.82, 2.24) is 10.4 Å². The van der Waals surface area contributed by atoms with Gasteiger partial charge < -0.3 is 9.84 Å². The van der Waals surface area contributed by atoms with Gasteiger partial charge in [-0.05, 0) is 32.2 Å². The van der Waals surface area contributed by atoms with Gasteiger partial charge in [0.2, 0.25) is 0 Å². The van der Waals surface area contributed by atoms with Crippen molar-refractivity contribution in [3.63, 3.8) is 0 Å². The largest absolute Gasteiger partial charge is 0.321 e. The molecule has 0 aromatic rings.